The van der Waals surface area contributed by atoms with Gasteiger partial charge in [0, 0.05) is 25.2 Å². The van der Waals surface area contributed by atoms with Gasteiger partial charge in [-0.1, -0.05) is 24.3 Å². The summed E-state index contributed by atoms with van der Waals surface area (Å²) in [5, 5.41) is 2.78. The first-order valence-electron chi connectivity index (χ1n) is 8.54. The Morgan fingerprint density at radius 3 is 2.73 bits per heavy atom. The SMILES string of the molecule is C=CCN1C(=O)N[C@H](c2ccccc2F)C2=C1CN(CCN(C)C)C2=O. The van der Waals surface area contributed by atoms with Gasteiger partial charge in [0.15, 0.2) is 0 Å². The van der Waals surface area contributed by atoms with Crippen LogP contribution in [-0.2, 0) is 4.79 Å². The summed E-state index contributed by atoms with van der Waals surface area (Å²) >= 11 is 0. The van der Waals surface area contributed by atoms with Crippen molar-refractivity contribution in [2.24, 2.45) is 0 Å². The van der Waals surface area contributed by atoms with E-state index in [0.29, 0.717) is 43.0 Å². The van der Waals surface area contributed by atoms with Gasteiger partial charge < -0.3 is 15.1 Å². The predicted octanol–water partition coefficient (Wildman–Crippen LogP) is 1.74. The molecule has 26 heavy (non-hydrogen) atoms. The Kier molecular flexibility index (Phi) is 5.08. The molecule has 6 nitrogen and oxygen atoms in total. The van der Waals surface area contributed by atoms with Crippen LogP contribution in [0.25, 0.3) is 0 Å². The molecule has 1 atom stereocenters. The molecule has 2 aliphatic heterocycles. The van der Waals surface area contributed by atoms with E-state index in [-0.39, 0.29) is 11.9 Å². The minimum Gasteiger partial charge on any atom is -0.332 e. The molecule has 2 heterocycles. The molecule has 2 aliphatic rings. The summed E-state index contributed by atoms with van der Waals surface area (Å²) in [7, 11) is 3.87. The van der Waals surface area contributed by atoms with E-state index in [2.05, 4.69) is 11.9 Å². The van der Waals surface area contributed by atoms with Crippen LogP contribution in [-0.4, -0.2) is 66.9 Å². The van der Waals surface area contributed by atoms with E-state index in [1.807, 2.05) is 19.0 Å². The topological polar surface area (TPSA) is 55.9 Å². The van der Waals surface area contributed by atoms with E-state index in [1.165, 1.54) is 11.0 Å². The lowest BCUT2D eigenvalue weighted by molar-refractivity contribution is -0.125. The van der Waals surface area contributed by atoms with Gasteiger partial charge in [-0.25, -0.2) is 9.18 Å². The van der Waals surface area contributed by atoms with Crippen molar-refractivity contribution in [3.63, 3.8) is 0 Å². The molecular formula is C19H23FN4O2. The second-order valence-corrected chi connectivity index (χ2v) is 6.69. The molecule has 1 aromatic carbocycles. The van der Waals surface area contributed by atoms with Gasteiger partial charge in [0.1, 0.15) is 5.82 Å². The molecular weight excluding hydrogens is 335 g/mol. The zero-order chi connectivity index (χ0) is 18.8. The van der Waals surface area contributed by atoms with Crippen molar-refractivity contribution in [1.29, 1.82) is 0 Å². The monoisotopic (exact) mass is 358 g/mol. The fraction of sp³-hybridized carbons (Fsp3) is 0.368. The van der Waals surface area contributed by atoms with Gasteiger partial charge in [-0.3, -0.25) is 9.69 Å². The molecule has 1 aromatic rings. The summed E-state index contributed by atoms with van der Waals surface area (Å²) in [4.78, 5) is 30.8. The predicted molar refractivity (Wildman–Crippen MR) is 96.7 cm³/mol. The van der Waals surface area contributed by atoms with Crippen molar-refractivity contribution in [1.82, 2.24) is 20.0 Å². The fourth-order valence-electron chi connectivity index (χ4n) is 3.31. The van der Waals surface area contributed by atoms with Gasteiger partial charge in [0.25, 0.3) is 5.91 Å². The Balaban J connectivity index is 2.00. The molecule has 3 amide bonds. The molecule has 0 unspecified atom stereocenters. The van der Waals surface area contributed by atoms with E-state index in [4.69, 9.17) is 0 Å². The van der Waals surface area contributed by atoms with Crippen LogP contribution < -0.4 is 5.32 Å². The lowest BCUT2D eigenvalue weighted by atomic mass is 9.95. The molecule has 0 radical (unpaired) electrons. The number of likely N-dealkylation sites (N-methyl/N-ethyl adjacent to an activating group) is 1. The summed E-state index contributed by atoms with van der Waals surface area (Å²) < 4.78 is 14.3. The summed E-state index contributed by atoms with van der Waals surface area (Å²) in [6.45, 7) is 5.57. The highest BCUT2D eigenvalue weighted by atomic mass is 19.1. The average molecular weight is 358 g/mol. The Morgan fingerprint density at radius 2 is 2.08 bits per heavy atom. The second-order valence-electron chi connectivity index (χ2n) is 6.69. The van der Waals surface area contributed by atoms with Gasteiger partial charge in [-0.2, -0.15) is 0 Å². The van der Waals surface area contributed by atoms with Crippen LogP contribution in [0.2, 0.25) is 0 Å². The third kappa shape index (κ3) is 3.22. The molecule has 1 N–H and O–H groups in total. The number of carbonyl (C=O) groups is 2. The largest absolute Gasteiger partial charge is 0.332 e. The van der Waals surface area contributed by atoms with Crippen molar-refractivity contribution in [2.75, 3.05) is 40.3 Å². The van der Waals surface area contributed by atoms with Crippen molar-refractivity contribution in [3.8, 4) is 0 Å². The van der Waals surface area contributed by atoms with Crippen LogP contribution >= 0.6 is 0 Å². The number of hydrogen-bond acceptors (Lipinski definition) is 3. The number of nitrogens with zero attached hydrogens (tertiary/aromatic N) is 3. The highest BCUT2D eigenvalue weighted by Crippen LogP contribution is 2.36. The third-order valence-electron chi connectivity index (χ3n) is 4.64. The number of benzene rings is 1. The summed E-state index contributed by atoms with van der Waals surface area (Å²) in [6, 6.07) is 5.09. The van der Waals surface area contributed by atoms with Crippen molar-refractivity contribution in [3.05, 3.63) is 59.6 Å². The van der Waals surface area contributed by atoms with Gasteiger partial charge in [0.05, 0.1) is 23.9 Å². The van der Waals surface area contributed by atoms with Crippen LogP contribution in [0.4, 0.5) is 9.18 Å². The third-order valence-corrected chi connectivity index (χ3v) is 4.64. The first-order chi connectivity index (χ1) is 12.4. The highest BCUT2D eigenvalue weighted by molar-refractivity contribution is 6.01. The van der Waals surface area contributed by atoms with Crippen molar-refractivity contribution in [2.45, 2.75) is 6.04 Å². The molecule has 3 rings (SSSR count). The number of hydrogen-bond donors (Lipinski definition) is 1. The molecule has 0 fully saturated rings. The quantitative estimate of drug-likeness (QED) is 0.788. The molecule has 0 aromatic heterocycles. The fourth-order valence-corrected chi connectivity index (χ4v) is 3.31. The van der Waals surface area contributed by atoms with E-state index in [0.717, 1.165) is 0 Å². The van der Waals surface area contributed by atoms with E-state index in [1.54, 1.807) is 29.2 Å². The smallest absolute Gasteiger partial charge is 0.322 e. The lowest BCUT2D eigenvalue weighted by Gasteiger charge is -2.33. The average Bonchev–Trinajstić information content (AvgIpc) is 2.93. The number of rotatable bonds is 6. The van der Waals surface area contributed by atoms with Crippen LogP contribution in [0.15, 0.2) is 48.2 Å². The maximum absolute atomic E-state index is 14.3. The Labute approximate surface area is 152 Å². The molecule has 7 heteroatoms. The van der Waals surface area contributed by atoms with Gasteiger partial charge in [-0.15, -0.1) is 6.58 Å². The van der Waals surface area contributed by atoms with E-state index < -0.39 is 11.9 Å². The number of carbonyl (C=O) groups excluding carboxylic acids is 2. The van der Waals surface area contributed by atoms with Gasteiger partial charge >= 0.3 is 6.03 Å². The zero-order valence-corrected chi connectivity index (χ0v) is 15.0. The molecule has 0 aliphatic carbocycles. The lowest BCUT2D eigenvalue weighted by Crippen LogP contribution is -2.47. The number of urea groups is 1. The zero-order valence-electron chi connectivity index (χ0n) is 15.0. The Hall–Kier alpha value is -2.67. The first-order valence-corrected chi connectivity index (χ1v) is 8.54. The normalized spacial score (nSPS) is 19.9. The van der Waals surface area contributed by atoms with Crippen molar-refractivity contribution >= 4 is 11.9 Å². The summed E-state index contributed by atoms with van der Waals surface area (Å²) in [5.74, 6) is -0.606. The number of halogens is 1. The summed E-state index contributed by atoms with van der Waals surface area (Å²) in [5.41, 5.74) is 1.37. The molecule has 0 saturated heterocycles. The van der Waals surface area contributed by atoms with Gasteiger partial charge in [0.2, 0.25) is 0 Å². The Bertz CT molecular complexity index is 775. The van der Waals surface area contributed by atoms with Crippen LogP contribution in [0, 0.1) is 5.82 Å². The highest BCUT2D eigenvalue weighted by Gasteiger charge is 2.44. The van der Waals surface area contributed by atoms with Crippen LogP contribution in [0.3, 0.4) is 0 Å². The van der Waals surface area contributed by atoms with Crippen LogP contribution in [0.5, 0.6) is 0 Å². The second kappa shape index (κ2) is 7.29. The molecule has 138 valence electrons. The van der Waals surface area contributed by atoms with Crippen molar-refractivity contribution < 1.29 is 14.0 Å². The van der Waals surface area contributed by atoms with Gasteiger partial charge in [-0.05, 0) is 20.2 Å². The van der Waals surface area contributed by atoms with E-state index in [9.17, 15) is 14.0 Å². The standard InChI is InChI=1S/C19H23FN4O2/c1-4-9-24-15-12-23(11-10-22(2)3)18(25)16(15)17(21-19(24)26)13-7-5-6-8-14(13)20/h4-8,17H,1,9-12H2,2-3H3,(H,21,26)/t17-/m1/s1. The number of amides is 3. The maximum atomic E-state index is 14.3. The minimum atomic E-state index is -0.781. The first kappa shape index (κ1) is 18.1. The molecule has 0 saturated carbocycles. The van der Waals surface area contributed by atoms with Crippen LogP contribution in [0.1, 0.15) is 11.6 Å². The Morgan fingerprint density at radius 1 is 1.35 bits per heavy atom. The molecule has 0 bridgehead atoms. The molecule has 0 spiro atoms. The summed E-state index contributed by atoms with van der Waals surface area (Å²) in [6.07, 6.45) is 1.61. The maximum Gasteiger partial charge on any atom is 0.322 e. The van der Waals surface area contributed by atoms with E-state index >= 15 is 0 Å². The minimum absolute atomic E-state index is 0.163. The number of nitrogens with one attached hydrogen (secondary N) is 1.